The van der Waals surface area contributed by atoms with Gasteiger partial charge in [-0.15, -0.1) is 0 Å². The molecule has 29 heavy (non-hydrogen) atoms. The molecule has 3 nitrogen and oxygen atoms in total. The zero-order valence-electron chi connectivity index (χ0n) is 17.5. The molecule has 1 saturated heterocycles. The Hall–Kier alpha value is -2.88. The predicted octanol–water partition coefficient (Wildman–Crippen LogP) is 5.60. The van der Waals surface area contributed by atoms with E-state index in [0.717, 1.165) is 24.4 Å². The van der Waals surface area contributed by atoms with Crippen molar-refractivity contribution in [3.63, 3.8) is 0 Å². The first-order chi connectivity index (χ1) is 14.1. The third-order valence-electron chi connectivity index (χ3n) is 5.26. The van der Waals surface area contributed by atoms with E-state index in [9.17, 15) is 4.39 Å². The molecule has 1 aliphatic rings. The van der Waals surface area contributed by atoms with Gasteiger partial charge in [-0.25, -0.2) is 9.38 Å². The van der Waals surface area contributed by atoms with E-state index in [0.29, 0.717) is 6.54 Å². The maximum atomic E-state index is 13.1. The van der Waals surface area contributed by atoms with Crippen LogP contribution in [0.3, 0.4) is 0 Å². The fourth-order valence-corrected chi connectivity index (χ4v) is 3.62. The van der Waals surface area contributed by atoms with Crippen molar-refractivity contribution in [1.82, 2.24) is 10.6 Å². The summed E-state index contributed by atoms with van der Waals surface area (Å²) in [6, 6.07) is 15.2. The van der Waals surface area contributed by atoms with Gasteiger partial charge in [-0.2, -0.15) is 0 Å². The van der Waals surface area contributed by atoms with Crippen molar-refractivity contribution in [1.29, 1.82) is 0 Å². The number of halogens is 1. The van der Waals surface area contributed by atoms with E-state index in [-0.39, 0.29) is 17.9 Å². The molecule has 2 N–H and O–H groups in total. The van der Waals surface area contributed by atoms with Crippen LogP contribution in [0, 0.1) is 12.7 Å². The summed E-state index contributed by atoms with van der Waals surface area (Å²) in [5.74, 6) is 0.558. The van der Waals surface area contributed by atoms with E-state index in [1.54, 1.807) is 12.1 Å². The van der Waals surface area contributed by atoms with Gasteiger partial charge in [-0.1, -0.05) is 68.5 Å². The van der Waals surface area contributed by atoms with Gasteiger partial charge in [0.15, 0.2) is 5.96 Å². The molecule has 1 heterocycles. The Morgan fingerprint density at radius 1 is 1.07 bits per heavy atom. The van der Waals surface area contributed by atoms with Crippen molar-refractivity contribution in [2.24, 2.45) is 4.99 Å². The topological polar surface area (TPSA) is 36.4 Å². The van der Waals surface area contributed by atoms with Crippen LogP contribution >= 0.6 is 0 Å². The van der Waals surface area contributed by atoms with E-state index in [1.807, 2.05) is 0 Å². The van der Waals surface area contributed by atoms with Gasteiger partial charge in [0.1, 0.15) is 5.82 Å². The Morgan fingerprint density at radius 3 is 2.52 bits per heavy atom. The fourth-order valence-electron chi connectivity index (χ4n) is 3.62. The molecule has 0 bridgehead atoms. The minimum Gasteiger partial charge on any atom is -0.347 e. The minimum atomic E-state index is -0.226. The van der Waals surface area contributed by atoms with Gasteiger partial charge in [0.05, 0.1) is 18.6 Å². The summed E-state index contributed by atoms with van der Waals surface area (Å²) >= 11 is 0. The maximum Gasteiger partial charge on any atom is 0.192 e. The highest BCUT2D eigenvalue weighted by Gasteiger charge is 2.34. The van der Waals surface area contributed by atoms with Gasteiger partial charge in [-0.05, 0) is 54.2 Å². The van der Waals surface area contributed by atoms with Crippen molar-refractivity contribution < 1.29 is 4.39 Å². The molecule has 0 aromatic heterocycles. The zero-order chi connectivity index (χ0) is 20.6. The molecular weight excluding hydrogens is 361 g/mol. The summed E-state index contributed by atoms with van der Waals surface area (Å²) in [6.45, 7) is 6.98. The highest BCUT2D eigenvalue weighted by molar-refractivity contribution is 5.84. The number of nitrogens with one attached hydrogen (secondary N) is 2. The lowest BCUT2D eigenvalue weighted by Crippen LogP contribution is -2.30. The normalized spacial score (nSPS) is 20.8. The first-order valence-corrected chi connectivity index (χ1v) is 10.4. The lowest BCUT2D eigenvalue weighted by Gasteiger charge is -2.22. The average Bonchev–Trinajstić information content (AvgIpc) is 3.15. The predicted molar refractivity (Wildman–Crippen MR) is 119 cm³/mol. The van der Waals surface area contributed by atoms with Crippen molar-refractivity contribution >= 4 is 5.96 Å². The van der Waals surface area contributed by atoms with Crippen LogP contribution in [-0.2, 0) is 6.54 Å². The Bertz CT molecular complexity index is 897. The first-order valence-electron chi connectivity index (χ1n) is 10.4. The Kier molecular flexibility index (Phi) is 7.23. The molecule has 3 rings (SSSR count). The summed E-state index contributed by atoms with van der Waals surface area (Å²) in [5.41, 5.74) is 4.85. The van der Waals surface area contributed by atoms with Crippen molar-refractivity contribution in [3.8, 4) is 0 Å². The summed E-state index contributed by atoms with van der Waals surface area (Å²) < 4.78 is 13.1. The summed E-state index contributed by atoms with van der Waals surface area (Å²) in [4.78, 5) is 4.72. The van der Waals surface area contributed by atoms with Crippen LogP contribution in [0.4, 0.5) is 4.39 Å². The summed E-state index contributed by atoms with van der Waals surface area (Å²) in [7, 11) is 0. The molecule has 2 atom stereocenters. The molecule has 0 spiro atoms. The Balaban J connectivity index is 1.88. The van der Waals surface area contributed by atoms with Gasteiger partial charge >= 0.3 is 0 Å². The Labute approximate surface area is 173 Å². The molecular formula is C25H30FN3. The highest BCUT2D eigenvalue weighted by atomic mass is 19.1. The Morgan fingerprint density at radius 2 is 1.83 bits per heavy atom. The monoisotopic (exact) mass is 391 g/mol. The minimum absolute atomic E-state index is 0.115. The summed E-state index contributed by atoms with van der Waals surface area (Å²) in [6.07, 6.45) is 8.51. The van der Waals surface area contributed by atoms with Crippen LogP contribution in [0.1, 0.15) is 49.4 Å². The maximum absolute atomic E-state index is 13.1. The van der Waals surface area contributed by atoms with E-state index in [2.05, 4.69) is 73.9 Å². The second-order valence-corrected chi connectivity index (χ2v) is 7.32. The number of hydrogen-bond acceptors (Lipinski definition) is 1. The van der Waals surface area contributed by atoms with Crippen molar-refractivity contribution in [3.05, 3.63) is 94.8 Å². The third-order valence-corrected chi connectivity index (χ3v) is 5.26. The zero-order valence-corrected chi connectivity index (χ0v) is 17.5. The molecule has 2 aromatic rings. The highest BCUT2D eigenvalue weighted by Crippen LogP contribution is 2.29. The largest absolute Gasteiger partial charge is 0.347 e. The second kappa shape index (κ2) is 10.1. The number of aryl methyl sites for hydroxylation is 1. The lowest BCUT2D eigenvalue weighted by molar-refractivity contribution is 0.574. The number of guanidine groups is 1. The second-order valence-electron chi connectivity index (χ2n) is 7.32. The molecule has 152 valence electrons. The molecule has 0 aliphatic carbocycles. The van der Waals surface area contributed by atoms with Crippen LogP contribution in [0.5, 0.6) is 0 Å². The molecule has 2 aromatic carbocycles. The van der Waals surface area contributed by atoms with Crippen molar-refractivity contribution in [2.45, 2.75) is 52.2 Å². The quantitative estimate of drug-likeness (QED) is 0.603. The van der Waals surface area contributed by atoms with Crippen LogP contribution in [0.2, 0.25) is 0 Å². The molecule has 4 heteroatoms. The number of aliphatic imine (C=N–C) groups is 1. The van der Waals surface area contributed by atoms with Crippen LogP contribution in [0.25, 0.3) is 0 Å². The van der Waals surface area contributed by atoms with Crippen LogP contribution in [-0.4, -0.2) is 12.0 Å². The molecule has 1 fully saturated rings. The number of benzene rings is 2. The third kappa shape index (κ3) is 5.35. The van der Waals surface area contributed by atoms with E-state index in [4.69, 9.17) is 4.99 Å². The summed E-state index contributed by atoms with van der Waals surface area (Å²) in [5, 5.41) is 7.17. The number of hydrogen-bond donors (Lipinski definition) is 2. The van der Waals surface area contributed by atoms with E-state index < -0.39 is 0 Å². The van der Waals surface area contributed by atoms with E-state index in [1.165, 1.54) is 28.8 Å². The fraction of sp³-hybridized carbons (Fsp3) is 0.320. The molecule has 0 amide bonds. The molecule has 0 saturated carbocycles. The number of rotatable bonds is 7. The molecule has 0 radical (unpaired) electrons. The lowest BCUT2D eigenvalue weighted by atomic mass is 9.90. The molecule has 1 aliphatic heterocycles. The van der Waals surface area contributed by atoms with Gasteiger partial charge in [-0.3, -0.25) is 0 Å². The van der Waals surface area contributed by atoms with Gasteiger partial charge in [0.2, 0.25) is 0 Å². The van der Waals surface area contributed by atoms with Crippen molar-refractivity contribution in [2.75, 3.05) is 0 Å². The number of nitrogens with zero attached hydrogens (tertiary/aromatic N) is 1. The molecule has 0 unspecified atom stereocenters. The first kappa shape index (κ1) is 20.8. The van der Waals surface area contributed by atoms with E-state index >= 15 is 0 Å². The van der Waals surface area contributed by atoms with Gasteiger partial charge < -0.3 is 10.6 Å². The SMILES string of the molecule is CC/C=C\C=C(/CC)[C@H]1NC(=NCc2ccc(F)cc2)N[C@H]1c1ccccc1C. The number of allylic oxidation sites excluding steroid dienone is 3. The van der Waals surface area contributed by atoms with Crippen LogP contribution in [0.15, 0.2) is 77.3 Å². The van der Waals surface area contributed by atoms with Crippen LogP contribution < -0.4 is 10.6 Å². The van der Waals surface area contributed by atoms with Gasteiger partial charge in [0, 0.05) is 0 Å². The van der Waals surface area contributed by atoms with Gasteiger partial charge in [0.25, 0.3) is 0 Å². The smallest absolute Gasteiger partial charge is 0.192 e. The average molecular weight is 392 g/mol. The standard InChI is InChI=1S/C25H30FN3/c1-4-6-7-11-20(5-2)23-24(22-12-9-8-10-18(22)3)29-25(28-23)27-17-19-13-15-21(26)16-14-19/h6-16,23-24H,4-5,17H2,1-3H3,(H2,27,28,29)/b7-6-,20-11+/t23-,24+/m1/s1.